The molecule has 27 heavy (non-hydrogen) atoms. The van der Waals surface area contributed by atoms with Crippen molar-refractivity contribution >= 4 is 34.1 Å². The molecule has 6 heteroatoms. The predicted octanol–water partition coefficient (Wildman–Crippen LogP) is 4.51. The minimum Gasteiger partial charge on any atom is -0.288 e. The molecule has 0 aliphatic carbocycles. The van der Waals surface area contributed by atoms with E-state index < -0.39 is 11.2 Å². The fraction of sp³-hybridized carbons (Fsp3) is 0.0476. The zero-order chi connectivity index (χ0) is 19.0. The van der Waals surface area contributed by atoms with Crippen LogP contribution in [-0.2, 0) is 6.54 Å². The van der Waals surface area contributed by atoms with E-state index in [2.05, 4.69) is 0 Å². The van der Waals surface area contributed by atoms with Crippen molar-refractivity contribution in [2.45, 2.75) is 6.54 Å². The number of hydrogen-bond acceptors (Lipinski definition) is 2. The molecule has 0 unspecified atom stereocenters. The maximum absolute atomic E-state index is 13.3. The molecular weight excluding hydrogens is 383 g/mol. The van der Waals surface area contributed by atoms with Crippen LogP contribution in [0.25, 0.3) is 16.6 Å². The molecule has 0 N–H and O–H groups in total. The van der Waals surface area contributed by atoms with Crippen molar-refractivity contribution in [1.29, 1.82) is 0 Å². The average Bonchev–Trinajstić information content (AvgIpc) is 2.69. The van der Waals surface area contributed by atoms with Crippen LogP contribution >= 0.6 is 23.2 Å². The second-order valence-corrected chi connectivity index (χ2v) is 6.92. The Kier molecular flexibility index (Phi) is 4.60. The van der Waals surface area contributed by atoms with Gasteiger partial charge in [-0.1, -0.05) is 65.7 Å². The summed E-state index contributed by atoms with van der Waals surface area (Å²) in [6.45, 7) is 0.349. The molecule has 0 spiro atoms. The monoisotopic (exact) mass is 396 g/mol. The van der Waals surface area contributed by atoms with E-state index in [0.717, 1.165) is 10.1 Å². The van der Waals surface area contributed by atoms with Crippen molar-refractivity contribution in [2.75, 3.05) is 0 Å². The maximum Gasteiger partial charge on any atom is 0.336 e. The number of benzene rings is 3. The van der Waals surface area contributed by atoms with Gasteiger partial charge in [0, 0.05) is 0 Å². The van der Waals surface area contributed by atoms with E-state index in [1.807, 2.05) is 36.4 Å². The number of aromatic nitrogens is 2. The quantitative estimate of drug-likeness (QED) is 0.511. The molecule has 134 valence electrons. The van der Waals surface area contributed by atoms with Crippen molar-refractivity contribution in [3.8, 4) is 5.69 Å². The van der Waals surface area contributed by atoms with E-state index in [1.54, 1.807) is 34.9 Å². The molecule has 0 amide bonds. The van der Waals surface area contributed by atoms with Crippen LogP contribution in [0, 0.1) is 0 Å². The Morgan fingerprint density at radius 2 is 1.48 bits per heavy atom. The number of fused-ring (bicyclic) bond motifs is 1. The van der Waals surface area contributed by atoms with Gasteiger partial charge in [0.1, 0.15) is 0 Å². The summed E-state index contributed by atoms with van der Waals surface area (Å²) in [7, 11) is 0. The number of hydrogen-bond donors (Lipinski definition) is 0. The second kappa shape index (κ2) is 7.06. The van der Waals surface area contributed by atoms with E-state index in [4.69, 9.17) is 23.2 Å². The normalized spacial score (nSPS) is 11.0. The predicted molar refractivity (Wildman–Crippen MR) is 109 cm³/mol. The summed E-state index contributed by atoms with van der Waals surface area (Å²) < 4.78 is 2.72. The van der Waals surface area contributed by atoms with Gasteiger partial charge in [-0.25, -0.2) is 9.36 Å². The molecule has 0 saturated carbocycles. The molecule has 4 nitrogen and oxygen atoms in total. The van der Waals surface area contributed by atoms with Crippen LogP contribution in [0.2, 0.25) is 10.0 Å². The first-order chi connectivity index (χ1) is 13.1. The van der Waals surface area contributed by atoms with Gasteiger partial charge in [0.15, 0.2) is 0 Å². The highest BCUT2D eigenvalue weighted by molar-refractivity contribution is 6.42. The molecule has 0 atom stereocenters. The lowest BCUT2D eigenvalue weighted by Gasteiger charge is -2.14. The molecule has 0 bridgehead atoms. The van der Waals surface area contributed by atoms with E-state index >= 15 is 0 Å². The summed E-state index contributed by atoms with van der Waals surface area (Å²) in [4.78, 5) is 26.3. The van der Waals surface area contributed by atoms with Crippen LogP contribution < -0.4 is 11.2 Å². The summed E-state index contributed by atoms with van der Waals surface area (Å²) in [5.74, 6) is 0. The summed E-state index contributed by atoms with van der Waals surface area (Å²) in [5, 5.41) is 1.10. The lowest BCUT2D eigenvalue weighted by atomic mass is 10.2. The molecule has 0 aliphatic heterocycles. The first kappa shape index (κ1) is 17.6. The zero-order valence-corrected chi connectivity index (χ0v) is 15.6. The van der Waals surface area contributed by atoms with Crippen LogP contribution in [0.3, 0.4) is 0 Å². The summed E-state index contributed by atoms with van der Waals surface area (Å²) >= 11 is 12.1. The lowest BCUT2D eigenvalue weighted by Crippen LogP contribution is -2.39. The lowest BCUT2D eigenvalue weighted by molar-refractivity contribution is 0.714. The van der Waals surface area contributed by atoms with Crippen molar-refractivity contribution in [1.82, 2.24) is 9.13 Å². The van der Waals surface area contributed by atoms with E-state index in [1.165, 1.54) is 6.07 Å². The van der Waals surface area contributed by atoms with Crippen LogP contribution in [0.15, 0.2) is 82.4 Å². The minimum absolute atomic E-state index is 0.281. The fourth-order valence-corrected chi connectivity index (χ4v) is 3.38. The number of para-hydroxylation sites is 1. The molecular formula is C21H14Cl2N2O2. The van der Waals surface area contributed by atoms with Gasteiger partial charge in [0.05, 0.1) is 33.2 Å². The van der Waals surface area contributed by atoms with Gasteiger partial charge in [0.25, 0.3) is 5.56 Å². The van der Waals surface area contributed by atoms with Crippen molar-refractivity contribution in [2.24, 2.45) is 0 Å². The average molecular weight is 397 g/mol. The SMILES string of the molecule is O=c1c2ccccc2n(Cc2ccccc2)c(=O)n1-c1ccc(Cl)c(Cl)c1. The third kappa shape index (κ3) is 3.18. The first-order valence-corrected chi connectivity index (χ1v) is 9.06. The smallest absolute Gasteiger partial charge is 0.288 e. The van der Waals surface area contributed by atoms with E-state index in [0.29, 0.717) is 28.2 Å². The van der Waals surface area contributed by atoms with E-state index in [-0.39, 0.29) is 5.02 Å². The highest BCUT2D eigenvalue weighted by atomic mass is 35.5. The Balaban J connectivity index is 2.04. The third-order valence-electron chi connectivity index (χ3n) is 4.40. The van der Waals surface area contributed by atoms with Crippen molar-refractivity contribution < 1.29 is 0 Å². The Labute approximate surface area is 164 Å². The molecule has 4 rings (SSSR count). The first-order valence-electron chi connectivity index (χ1n) is 8.30. The Hall–Kier alpha value is -2.82. The molecule has 1 aromatic heterocycles. The molecule has 0 fully saturated rings. The van der Waals surface area contributed by atoms with Crippen LogP contribution in [0.4, 0.5) is 0 Å². The van der Waals surface area contributed by atoms with Gasteiger partial charge in [-0.2, -0.15) is 0 Å². The van der Waals surface area contributed by atoms with Gasteiger partial charge in [0.2, 0.25) is 0 Å². The largest absolute Gasteiger partial charge is 0.336 e. The third-order valence-corrected chi connectivity index (χ3v) is 5.13. The maximum atomic E-state index is 13.3. The molecule has 3 aromatic carbocycles. The van der Waals surface area contributed by atoms with Crippen LogP contribution in [0.1, 0.15) is 5.56 Å². The topological polar surface area (TPSA) is 44.0 Å². The fourth-order valence-electron chi connectivity index (χ4n) is 3.09. The minimum atomic E-state index is -0.430. The second-order valence-electron chi connectivity index (χ2n) is 6.11. The Bertz CT molecular complexity index is 1260. The van der Waals surface area contributed by atoms with Crippen molar-refractivity contribution in [3.05, 3.63) is 109 Å². The highest BCUT2D eigenvalue weighted by Crippen LogP contribution is 2.23. The van der Waals surface area contributed by atoms with Crippen molar-refractivity contribution in [3.63, 3.8) is 0 Å². The molecule has 1 heterocycles. The molecule has 0 radical (unpaired) electrons. The Morgan fingerprint density at radius 1 is 0.778 bits per heavy atom. The van der Waals surface area contributed by atoms with Gasteiger partial charge in [-0.15, -0.1) is 0 Å². The number of nitrogens with zero attached hydrogens (tertiary/aromatic N) is 2. The number of rotatable bonds is 3. The molecule has 4 aromatic rings. The van der Waals surface area contributed by atoms with Gasteiger partial charge in [-0.3, -0.25) is 9.36 Å². The standard InChI is InChI=1S/C21H14Cl2N2O2/c22-17-11-10-15(12-18(17)23)25-20(26)16-8-4-5-9-19(16)24(21(25)27)13-14-6-2-1-3-7-14/h1-12H,13H2. The Morgan fingerprint density at radius 3 is 2.22 bits per heavy atom. The van der Waals surface area contributed by atoms with E-state index in [9.17, 15) is 9.59 Å². The number of halogens is 2. The van der Waals surface area contributed by atoms with Gasteiger partial charge in [-0.05, 0) is 35.9 Å². The van der Waals surface area contributed by atoms with Crippen LogP contribution in [-0.4, -0.2) is 9.13 Å². The zero-order valence-electron chi connectivity index (χ0n) is 14.1. The molecule has 0 saturated heterocycles. The summed E-state index contributed by atoms with van der Waals surface area (Å²) in [6.07, 6.45) is 0. The van der Waals surface area contributed by atoms with Gasteiger partial charge >= 0.3 is 5.69 Å². The highest BCUT2D eigenvalue weighted by Gasteiger charge is 2.15. The summed E-state index contributed by atoms with van der Waals surface area (Å²) in [6, 6.07) is 21.4. The summed E-state index contributed by atoms with van der Waals surface area (Å²) in [5.41, 5.74) is 1.11. The molecule has 0 aliphatic rings. The van der Waals surface area contributed by atoms with Crippen LogP contribution in [0.5, 0.6) is 0 Å². The van der Waals surface area contributed by atoms with Gasteiger partial charge < -0.3 is 0 Å².